The number of hydrogen-bond donors (Lipinski definition) is 2. The molecule has 8 heteroatoms. The molecule has 0 spiro atoms. The van der Waals surface area contributed by atoms with Gasteiger partial charge < -0.3 is 20.3 Å². The molecule has 0 saturated carbocycles. The molecule has 1 aliphatic rings. The van der Waals surface area contributed by atoms with Crippen molar-refractivity contribution in [3.63, 3.8) is 0 Å². The largest absolute Gasteiger partial charge is 0.480 e. The first-order chi connectivity index (χ1) is 15.9. The van der Waals surface area contributed by atoms with Gasteiger partial charge in [0, 0.05) is 27.6 Å². The number of nitrogens with two attached hydrogens (primary N) is 1. The van der Waals surface area contributed by atoms with Gasteiger partial charge in [0.15, 0.2) is 11.5 Å². The van der Waals surface area contributed by atoms with E-state index in [9.17, 15) is 9.00 Å². The lowest BCUT2D eigenvalue weighted by Gasteiger charge is -2.12. The van der Waals surface area contributed by atoms with E-state index in [1.807, 2.05) is 36.6 Å². The first-order valence-corrected chi connectivity index (χ1v) is 14.3. The lowest BCUT2D eigenvalue weighted by atomic mass is 10.1. The quantitative estimate of drug-likeness (QED) is 0.307. The standard InChI is InChI=1S/C18H28O3S.C7H13NO2S/c1-3-4-5-6-7-8-11-22(19)15(2)12-16-9-10-17-18(13-16)21-14-20-17;1-2-3-4-11-5-6(8)7(9)10/h9-10,13,15H,3-8,11-12,14H2,1-2H3;3-4,6H,2,5,8H2,1H3,(H,9,10)/b;4-3+/t;6-/m.0/s1. The first kappa shape index (κ1) is 29.5. The molecule has 0 fully saturated rings. The SMILES string of the molecule is CC/C=C/SC[C@H](N)C(=O)O.CCCCCCCCS(=O)C(C)Cc1ccc2c(c1)OCO2. The summed E-state index contributed by atoms with van der Waals surface area (Å²) in [5.74, 6) is 1.95. The summed E-state index contributed by atoms with van der Waals surface area (Å²) in [5.41, 5.74) is 6.42. The number of fused-ring (bicyclic) bond motifs is 1. The summed E-state index contributed by atoms with van der Waals surface area (Å²) in [4.78, 5) is 10.2. The minimum absolute atomic E-state index is 0.191. The summed E-state index contributed by atoms with van der Waals surface area (Å²) in [6, 6.07) is 5.26. The van der Waals surface area contributed by atoms with Gasteiger partial charge in [0.05, 0.1) is 0 Å². The molecule has 0 radical (unpaired) electrons. The van der Waals surface area contributed by atoms with Gasteiger partial charge in [0.25, 0.3) is 0 Å². The van der Waals surface area contributed by atoms with Crippen LogP contribution in [0.1, 0.15) is 71.3 Å². The van der Waals surface area contributed by atoms with Crippen molar-refractivity contribution in [2.75, 3.05) is 18.3 Å². The van der Waals surface area contributed by atoms with Crippen LogP contribution in [0.4, 0.5) is 0 Å². The summed E-state index contributed by atoms with van der Waals surface area (Å²) in [6.45, 7) is 6.64. The van der Waals surface area contributed by atoms with Crippen LogP contribution in [-0.2, 0) is 22.0 Å². The number of aliphatic carboxylic acids is 1. The van der Waals surface area contributed by atoms with Gasteiger partial charge in [-0.25, -0.2) is 0 Å². The van der Waals surface area contributed by atoms with Crippen molar-refractivity contribution >= 4 is 28.5 Å². The third kappa shape index (κ3) is 13.1. The molecule has 0 amide bonds. The minimum Gasteiger partial charge on any atom is -0.480 e. The van der Waals surface area contributed by atoms with E-state index in [0.717, 1.165) is 36.5 Å². The molecule has 0 aliphatic carbocycles. The molecule has 1 aromatic rings. The number of carbonyl (C=O) groups is 1. The van der Waals surface area contributed by atoms with E-state index in [1.54, 1.807) is 0 Å². The highest BCUT2D eigenvalue weighted by molar-refractivity contribution is 8.02. The molecule has 33 heavy (non-hydrogen) atoms. The van der Waals surface area contributed by atoms with Crippen LogP contribution < -0.4 is 15.2 Å². The number of carboxylic acid groups (broad SMARTS) is 1. The summed E-state index contributed by atoms with van der Waals surface area (Å²) in [7, 11) is -0.743. The van der Waals surface area contributed by atoms with Crippen LogP contribution in [0.2, 0.25) is 0 Å². The van der Waals surface area contributed by atoms with Gasteiger partial charge in [-0.1, -0.05) is 65.0 Å². The third-order valence-electron chi connectivity index (χ3n) is 5.13. The maximum Gasteiger partial charge on any atom is 0.321 e. The Morgan fingerprint density at radius 2 is 1.88 bits per heavy atom. The smallest absolute Gasteiger partial charge is 0.321 e. The van der Waals surface area contributed by atoms with Gasteiger partial charge in [-0.3, -0.25) is 9.00 Å². The van der Waals surface area contributed by atoms with Crippen molar-refractivity contribution in [3.05, 3.63) is 35.2 Å². The fourth-order valence-corrected chi connectivity index (χ4v) is 5.17. The third-order valence-corrected chi connectivity index (χ3v) is 7.82. The van der Waals surface area contributed by atoms with E-state index in [4.69, 9.17) is 20.3 Å². The fourth-order valence-electron chi connectivity index (χ4n) is 3.11. The maximum atomic E-state index is 12.3. The van der Waals surface area contributed by atoms with E-state index in [-0.39, 0.29) is 5.25 Å². The van der Waals surface area contributed by atoms with E-state index < -0.39 is 22.8 Å². The second-order valence-corrected chi connectivity index (χ2v) is 11.0. The molecule has 2 unspecified atom stereocenters. The van der Waals surface area contributed by atoms with Crippen molar-refractivity contribution in [1.82, 2.24) is 0 Å². The van der Waals surface area contributed by atoms with Gasteiger partial charge in [0.1, 0.15) is 6.04 Å². The van der Waals surface area contributed by atoms with Crippen LogP contribution >= 0.6 is 11.8 Å². The summed E-state index contributed by atoms with van der Waals surface area (Å²) in [5, 5.41) is 10.4. The Morgan fingerprint density at radius 1 is 1.18 bits per heavy atom. The molecule has 1 aromatic carbocycles. The Hall–Kier alpha value is -1.51. The van der Waals surface area contributed by atoms with Gasteiger partial charge in [-0.05, 0) is 42.4 Å². The Morgan fingerprint density at radius 3 is 2.58 bits per heavy atom. The predicted molar refractivity (Wildman–Crippen MR) is 140 cm³/mol. The monoisotopic (exact) mass is 499 g/mol. The van der Waals surface area contributed by atoms with Crippen molar-refractivity contribution < 1.29 is 23.6 Å². The van der Waals surface area contributed by atoms with E-state index in [0.29, 0.717) is 12.5 Å². The number of unbranched alkanes of at least 4 members (excludes halogenated alkanes) is 5. The number of thioether (sulfide) groups is 1. The Balaban J connectivity index is 0.000000420. The zero-order valence-corrected chi connectivity index (χ0v) is 21.9. The van der Waals surface area contributed by atoms with E-state index in [2.05, 4.69) is 13.8 Å². The first-order valence-electron chi connectivity index (χ1n) is 11.9. The molecule has 0 saturated heterocycles. The average molecular weight is 500 g/mol. The molecule has 6 nitrogen and oxygen atoms in total. The normalized spacial score (nSPS) is 15.0. The molecule has 3 N–H and O–H groups in total. The summed E-state index contributed by atoms with van der Waals surface area (Å²) in [6.07, 6.45) is 11.3. The van der Waals surface area contributed by atoms with Gasteiger partial charge in [-0.2, -0.15) is 0 Å². The highest BCUT2D eigenvalue weighted by Gasteiger charge is 2.16. The average Bonchev–Trinajstić information content (AvgIpc) is 3.27. The van der Waals surface area contributed by atoms with Crippen LogP contribution in [0, 0.1) is 0 Å². The van der Waals surface area contributed by atoms with E-state index >= 15 is 0 Å². The number of carboxylic acids is 1. The molecule has 3 atom stereocenters. The van der Waals surface area contributed by atoms with Gasteiger partial charge >= 0.3 is 5.97 Å². The molecule has 1 heterocycles. The van der Waals surface area contributed by atoms with Crippen LogP contribution in [0.5, 0.6) is 11.5 Å². The number of rotatable bonds is 15. The number of ether oxygens (including phenoxy) is 2. The molecule has 0 bridgehead atoms. The molecular formula is C25H41NO5S2. The Kier molecular flexibility index (Phi) is 16.0. The maximum absolute atomic E-state index is 12.3. The lowest BCUT2D eigenvalue weighted by Crippen LogP contribution is -2.32. The van der Waals surface area contributed by atoms with Crippen molar-refractivity contribution in [1.29, 1.82) is 0 Å². The number of hydrogen-bond acceptors (Lipinski definition) is 6. The number of benzene rings is 1. The summed E-state index contributed by atoms with van der Waals surface area (Å²) < 4.78 is 23.0. The zero-order chi connectivity index (χ0) is 24.5. The summed E-state index contributed by atoms with van der Waals surface area (Å²) >= 11 is 1.43. The fraction of sp³-hybridized carbons (Fsp3) is 0.640. The zero-order valence-electron chi connectivity index (χ0n) is 20.3. The van der Waals surface area contributed by atoms with Crippen molar-refractivity contribution in [2.24, 2.45) is 5.73 Å². The highest BCUT2D eigenvalue weighted by atomic mass is 32.2. The number of allylic oxidation sites excluding steroid dienone is 1. The molecule has 0 aromatic heterocycles. The molecular weight excluding hydrogens is 458 g/mol. The second-order valence-electron chi connectivity index (χ2n) is 8.11. The van der Waals surface area contributed by atoms with Gasteiger partial charge in [0.2, 0.25) is 6.79 Å². The molecule has 1 aliphatic heterocycles. The topological polar surface area (TPSA) is 98.9 Å². The van der Waals surface area contributed by atoms with Crippen molar-refractivity contribution in [2.45, 2.75) is 83.4 Å². The van der Waals surface area contributed by atoms with Crippen molar-refractivity contribution in [3.8, 4) is 11.5 Å². The van der Waals surface area contributed by atoms with Crippen LogP contribution in [0.15, 0.2) is 29.7 Å². The van der Waals surface area contributed by atoms with Gasteiger partial charge in [-0.15, -0.1) is 11.8 Å². The molecule has 2 rings (SSSR count). The Labute approximate surface area is 206 Å². The van der Waals surface area contributed by atoms with Crippen LogP contribution in [0.25, 0.3) is 0 Å². The van der Waals surface area contributed by atoms with E-state index in [1.165, 1.54) is 49.4 Å². The lowest BCUT2D eigenvalue weighted by molar-refractivity contribution is -0.137. The second kappa shape index (κ2) is 17.9. The highest BCUT2D eigenvalue weighted by Crippen LogP contribution is 2.33. The van der Waals surface area contributed by atoms with Crippen LogP contribution in [-0.4, -0.2) is 44.9 Å². The predicted octanol–water partition coefficient (Wildman–Crippen LogP) is 5.51. The molecule has 188 valence electrons. The Bertz CT molecular complexity index is 742. The minimum atomic E-state index is -0.942. The van der Waals surface area contributed by atoms with Crippen LogP contribution in [0.3, 0.4) is 0 Å².